The van der Waals surface area contributed by atoms with Crippen molar-refractivity contribution in [3.05, 3.63) is 122 Å². The van der Waals surface area contributed by atoms with Crippen molar-refractivity contribution in [3.63, 3.8) is 0 Å². The van der Waals surface area contributed by atoms with Crippen LogP contribution in [0.25, 0.3) is 82.6 Å². The Morgan fingerprint density at radius 2 is 1.15 bits per heavy atom. The van der Waals surface area contributed by atoms with E-state index in [-0.39, 0.29) is 0 Å². The Balaban J connectivity index is 1.50. The fourth-order valence-corrected chi connectivity index (χ4v) is 6.15. The molecule has 5 nitrogen and oxygen atoms in total. The third kappa shape index (κ3) is 2.89. The zero-order chi connectivity index (χ0) is 26.2. The molecule has 0 amide bonds. The maximum absolute atomic E-state index is 6.35. The van der Waals surface area contributed by atoms with Gasteiger partial charge in [0.25, 0.3) is 0 Å². The molecular formula is C35H20N4O. The summed E-state index contributed by atoms with van der Waals surface area (Å²) in [7, 11) is 0. The van der Waals surface area contributed by atoms with Gasteiger partial charge in [0, 0.05) is 34.1 Å². The van der Waals surface area contributed by atoms with Crippen LogP contribution in [0.3, 0.4) is 0 Å². The van der Waals surface area contributed by atoms with E-state index in [4.69, 9.17) is 14.4 Å². The van der Waals surface area contributed by atoms with Crippen molar-refractivity contribution in [2.75, 3.05) is 0 Å². The minimum Gasteiger partial charge on any atom is -0.452 e. The molecule has 40 heavy (non-hydrogen) atoms. The molecule has 0 saturated carbocycles. The van der Waals surface area contributed by atoms with Gasteiger partial charge in [-0.3, -0.25) is 9.55 Å². The minimum atomic E-state index is 0.608. The largest absolute Gasteiger partial charge is 0.452 e. The normalized spacial score (nSPS) is 12.0. The van der Waals surface area contributed by atoms with E-state index in [2.05, 4.69) is 88.4 Å². The first-order chi connectivity index (χ1) is 19.8. The highest BCUT2D eigenvalue weighted by Gasteiger charge is 2.22. The Hall–Kier alpha value is -5.55. The molecule has 9 aromatic rings. The third-order valence-electron chi connectivity index (χ3n) is 7.91. The summed E-state index contributed by atoms with van der Waals surface area (Å²) in [4.78, 5) is 14.6. The molecule has 0 unspecified atom stereocenters. The van der Waals surface area contributed by atoms with E-state index < -0.39 is 0 Å². The van der Waals surface area contributed by atoms with Gasteiger partial charge < -0.3 is 4.42 Å². The van der Waals surface area contributed by atoms with Gasteiger partial charge in [0.15, 0.2) is 5.58 Å². The number of furan rings is 1. The molecule has 0 saturated heterocycles. The van der Waals surface area contributed by atoms with Gasteiger partial charge in [-0.15, -0.1) is 0 Å². The predicted octanol–water partition coefficient (Wildman–Crippen LogP) is 8.84. The number of pyridine rings is 1. The smallest absolute Gasteiger partial charge is 0.236 e. The number of hydrogen-bond acceptors (Lipinski definition) is 4. The zero-order valence-corrected chi connectivity index (χ0v) is 21.2. The van der Waals surface area contributed by atoms with E-state index in [0.29, 0.717) is 11.5 Å². The van der Waals surface area contributed by atoms with Gasteiger partial charge in [0.1, 0.15) is 16.8 Å². The summed E-state index contributed by atoms with van der Waals surface area (Å²) in [6, 6.07) is 37.9. The molecule has 0 aliphatic carbocycles. The molecule has 9 rings (SSSR count). The van der Waals surface area contributed by atoms with Gasteiger partial charge in [-0.1, -0.05) is 72.8 Å². The van der Waals surface area contributed by atoms with Gasteiger partial charge in [-0.05, 0) is 57.9 Å². The number of fused-ring (bicyclic) bond motifs is 10. The average Bonchev–Trinajstić information content (AvgIpc) is 3.57. The molecule has 0 atom stereocenters. The summed E-state index contributed by atoms with van der Waals surface area (Å²) >= 11 is 0. The summed E-state index contributed by atoms with van der Waals surface area (Å²) in [5.74, 6) is 0.608. The maximum Gasteiger partial charge on any atom is 0.236 e. The predicted molar refractivity (Wildman–Crippen MR) is 162 cm³/mol. The lowest BCUT2D eigenvalue weighted by Gasteiger charge is -2.09. The maximum atomic E-state index is 6.35. The SMILES string of the molecule is c1ccc2c(c1)ccc1c2c2c3ccccc3ccc2n1-c1nc(-c2ccncc2)c2oc3ccccc3c2n1. The number of nitrogens with zero attached hydrogens (tertiary/aromatic N) is 4. The lowest BCUT2D eigenvalue weighted by molar-refractivity contribution is 0.666. The van der Waals surface area contributed by atoms with Crippen LogP contribution in [-0.2, 0) is 0 Å². The van der Waals surface area contributed by atoms with Crippen molar-refractivity contribution in [2.24, 2.45) is 0 Å². The van der Waals surface area contributed by atoms with Gasteiger partial charge >= 0.3 is 0 Å². The molecule has 4 heterocycles. The monoisotopic (exact) mass is 512 g/mol. The van der Waals surface area contributed by atoms with Crippen molar-refractivity contribution in [3.8, 4) is 17.2 Å². The Bertz CT molecular complexity index is 2340. The quantitative estimate of drug-likeness (QED) is 0.232. The van der Waals surface area contributed by atoms with Gasteiger partial charge in [0.05, 0.1) is 11.0 Å². The van der Waals surface area contributed by atoms with Gasteiger partial charge in [-0.25, -0.2) is 9.97 Å². The summed E-state index contributed by atoms with van der Waals surface area (Å²) in [6.45, 7) is 0. The fourth-order valence-electron chi connectivity index (χ4n) is 6.15. The molecule has 5 aromatic carbocycles. The summed E-state index contributed by atoms with van der Waals surface area (Å²) < 4.78 is 8.55. The lowest BCUT2D eigenvalue weighted by Crippen LogP contribution is -2.03. The topological polar surface area (TPSA) is 56.7 Å². The van der Waals surface area contributed by atoms with Gasteiger partial charge in [0.2, 0.25) is 5.95 Å². The van der Waals surface area contributed by atoms with E-state index in [9.17, 15) is 0 Å². The van der Waals surface area contributed by atoms with Crippen LogP contribution in [0.15, 0.2) is 126 Å². The van der Waals surface area contributed by atoms with E-state index in [0.717, 1.165) is 38.8 Å². The van der Waals surface area contributed by atoms with E-state index >= 15 is 0 Å². The van der Waals surface area contributed by atoms with Crippen LogP contribution in [-0.4, -0.2) is 19.5 Å². The second-order valence-corrected chi connectivity index (χ2v) is 10.1. The first-order valence-electron chi connectivity index (χ1n) is 13.3. The van der Waals surface area contributed by atoms with Crippen molar-refractivity contribution < 1.29 is 4.42 Å². The van der Waals surface area contributed by atoms with Crippen molar-refractivity contribution in [1.29, 1.82) is 0 Å². The van der Waals surface area contributed by atoms with E-state index in [1.54, 1.807) is 12.4 Å². The average molecular weight is 513 g/mol. The number of rotatable bonds is 2. The van der Waals surface area contributed by atoms with Crippen molar-refractivity contribution >= 4 is 65.4 Å². The molecule has 5 heteroatoms. The molecule has 4 aromatic heterocycles. The highest BCUT2D eigenvalue weighted by Crippen LogP contribution is 2.41. The molecule has 186 valence electrons. The second-order valence-electron chi connectivity index (χ2n) is 10.1. The van der Waals surface area contributed by atoms with Crippen LogP contribution in [0.4, 0.5) is 0 Å². The van der Waals surface area contributed by atoms with Crippen LogP contribution in [0.1, 0.15) is 0 Å². The molecule has 0 radical (unpaired) electrons. The first kappa shape index (κ1) is 21.4. The number of aromatic nitrogens is 4. The highest BCUT2D eigenvalue weighted by molar-refractivity contribution is 6.28. The molecule has 0 N–H and O–H groups in total. The summed E-state index contributed by atoms with van der Waals surface area (Å²) in [6.07, 6.45) is 3.56. The van der Waals surface area contributed by atoms with E-state index in [1.807, 2.05) is 30.3 Å². The van der Waals surface area contributed by atoms with Crippen LogP contribution in [0.2, 0.25) is 0 Å². The van der Waals surface area contributed by atoms with E-state index in [1.165, 1.54) is 32.3 Å². The number of benzene rings is 5. The van der Waals surface area contributed by atoms with Crippen molar-refractivity contribution in [2.45, 2.75) is 0 Å². The van der Waals surface area contributed by atoms with Crippen LogP contribution in [0.5, 0.6) is 0 Å². The molecular weight excluding hydrogens is 492 g/mol. The third-order valence-corrected chi connectivity index (χ3v) is 7.91. The Labute approximate surface area is 228 Å². The van der Waals surface area contributed by atoms with Crippen LogP contribution < -0.4 is 0 Å². The fraction of sp³-hybridized carbons (Fsp3) is 0. The standard InChI is InChI=1S/C35H20N4O/c1-3-9-24-21(7-1)13-15-27-30(24)31-25-10-4-2-8-22(25)14-16-28(31)39(27)35-37-32(23-17-19-36-20-18-23)34-33(38-35)26-11-5-6-12-29(26)40-34/h1-20H. The van der Waals surface area contributed by atoms with Gasteiger partial charge in [-0.2, -0.15) is 0 Å². The Morgan fingerprint density at radius 3 is 1.82 bits per heavy atom. The molecule has 0 bridgehead atoms. The highest BCUT2D eigenvalue weighted by atomic mass is 16.3. The van der Waals surface area contributed by atoms with Crippen LogP contribution in [0, 0.1) is 0 Å². The minimum absolute atomic E-state index is 0.608. The first-order valence-corrected chi connectivity index (χ1v) is 13.3. The lowest BCUT2D eigenvalue weighted by atomic mass is 10.00. The Morgan fingerprint density at radius 1 is 0.550 bits per heavy atom. The molecule has 0 fully saturated rings. The molecule has 0 spiro atoms. The molecule has 0 aliphatic heterocycles. The molecule has 0 aliphatic rings. The van der Waals surface area contributed by atoms with Crippen molar-refractivity contribution in [1.82, 2.24) is 19.5 Å². The van der Waals surface area contributed by atoms with Crippen LogP contribution >= 0.6 is 0 Å². The number of para-hydroxylation sites is 1. The summed E-state index contributed by atoms with van der Waals surface area (Å²) in [5.41, 5.74) is 6.07. The summed E-state index contributed by atoms with van der Waals surface area (Å²) in [5, 5.41) is 8.21. The Kier molecular flexibility index (Phi) is 4.27. The number of hydrogen-bond donors (Lipinski definition) is 0. The zero-order valence-electron chi connectivity index (χ0n) is 21.2. The second kappa shape index (κ2) is 7.98.